The van der Waals surface area contributed by atoms with E-state index >= 15 is 0 Å². The molecular weight excluding hydrogens is 304 g/mol. The standard InChI is InChI=1S/C16H15F2N3O2/c17-14-7-11(21-9-12(5-6-19)23-16(21)22)2-3-13(14)10-1-4-15(18)20-8-10/h1-4,7-8,12H,5-6,9,19H2/t12-/m0/s1. The fraction of sp³-hybridized carbons (Fsp3) is 0.250. The minimum atomic E-state index is -0.628. The van der Waals surface area contributed by atoms with Crippen LogP contribution in [0.4, 0.5) is 19.3 Å². The summed E-state index contributed by atoms with van der Waals surface area (Å²) in [5.74, 6) is -1.15. The summed E-state index contributed by atoms with van der Waals surface area (Å²) in [4.78, 5) is 16.7. The number of carbonyl (C=O) groups excluding carboxylic acids is 1. The number of ether oxygens (including phenoxy) is 1. The highest BCUT2D eigenvalue weighted by atomic mass is 19.1. The summed E-state index contributed by atoms with van der Waals surface area (Å²) in [6, 6.07) is 7.02. The minimum Gasteiger partial charge on any atom is -0.444 e. The number of hydrogen-bond acceptors (Lipinski definition) is 4. The van der Waals surface area contributed by atoms with Gasteiger partial charge in [-0.15, -0.1) is 0 Å². The van der Waals surface area contributed by atoms with Crippen LogP contribution in [0.2, 0.25) is 0 Å². The van der Waals surface area contributed by atoms with Crippen LogP contribution >= 0.6 is 0 Å². The number of carbonyl (C=O) groups is 1. The van der Waals surface area contributed by atoms with Crippen LogP contribution in [0.3, 0.4) is 0 Å². The van der Waals surface area contributed by atoms with Crippen molar-refractivity contribution in [2.45, 2.75) is 12.5 Å². The second kappa shape index (κ2) is 6.29. The number of amides is 1. The van der Waals surface area contributed by atoms with Gasteiger partial charge in [-0.25, -0.2) is 14.2 Å². The molecule has 1 atom stereocenters. The van der Waals surface area contributed by atoms with E-state index in [2.05, 4.69) is 4.98 Å². The highest BCUT2D eigenvalue weighted by Crippen LogP contribution is 2.29. The molecule has 1 aromatic heterocycles. The molecule has 1 aliphatic rings. The third-order valence-electron chi connectivity index (χ3n) is 3.67. The lowest BCUT2D eigenvalue weighted by atomic mass is 10.1. The van der Waals surface area contributed by atoms with Gasteiger partial charge in [0.2, 0.25) is 5.95 Å². The molecule has 2 N–H and O–H groups in total. The van der Waals surface area contributed by atoms with Gasteiger partial charge < -0.3 is 10.5 Å². The largest absolute Gasteiger partial charge is 0.444 e. The average Bonchev–Trinajstić information content (AvgIpc) is 2.89. The lowest BCUT2D eigenvalue weighted by molar-refractivity contribution is 0.138. The maximum atomic E-state index is 14.3. The van der Waals surface area contributed by atoms with E-state index in [0.29, 0.717) is 30.8 Å². The second-order valence-corrected chi connectivity index (χ2v) is 5.23. The van der Waals surface area contributed by atoms with E-state index in [0.717, 1.165) is 6.07 Å². The van der Waals surface area contributed by atoms with Crippen molar-refractivity contribution in [3.05, 3.63) is 48.3 Å². The molecule has 0 radical (unpaired) electrons. The summed E-state index contributed by atoms with van der Waals surface area (Å²) >= 11 is 0. The Morgan fingerprint density at radius 2 is 2.13 bits per heavy atom. The van der Waals surface area contributed by atoms with Gasteiger partial charge in [-0.05, 0) is 43.3 Å². The van der Waals surface area contributed by atoms with Gasteiger partial charge >= 0.3 is 6.09 Å². The fourth-order valence-electron chi connectivity index (χ4n) is 2.51. The van der Waals surface area contributed by atoms with Gasteiger partial charge in [0.1, 0.15) is 11.9 Å². The number of hydrogen-bond donors (Lipinski definition) is 1. The Hall–Kier alpha value is -2.54. The Kier molecular flexibility index (Phi) is 4.20. The number of benzene rings is 1. The number of pyridine rings is 1. The first-order chi connectivity index (χ1) is 11.1. The first kappa shape index (κ1) is 15.4. The highest BCUT2D eigenvalue weighted by Gasteiger charge is 2.32. The first-order valence-electron chi connectivity index (χ1n) is 7.18. The quantitative estimate of drug-likeness (QED) is 0.880. The molecule has 0 spiro atoms. The summed E-state index contributed by atoms with van der Waals surface area (Å²) in [7, 11) is 0. The van der Waals surface area contributed by atoms with E-state index in [-0.39, 0.29) is 11.7 Å². The number of halogens is 2. The van der Waals surface area contributed by atoms with Crippen LogP contribution in [0.1, 0.15) is 6.42 Å². The summed E-state index contributed by atoms with van der Waals surface area (Å²) in [6.45, 7) is 0.754. The molecule has 1 aliphatic heterocycles. The molecule has 1 amide bonds. The molecule has 2 heterocycles. The monoisotopic (exact) mass is 319 g/mol. The van der Waals surface area contributed by atoms with Crippen LogP contribution in [0.15, 0.2) is 36.5 Å². The predicted molar refractivity (Wildman–Crippen MR) is 80.9 cm³/mol. The third-order valence-corrected chi connectivity index (χ3v) is 3.67. The van der Waals surface area contributed by atoms with Crippen molar-refractivity contribution in [2.24, 2.45) is 5.73 Å². The van der Waals surface area contributed by atoms with Gasteiger partial charge in [-0.1, -0.05) is 0 Å². The Morgan fingerprint density at radius 1 is 1.30 bits per heavy atom. The molecule has 1 aromatic carbocycles. The van der Waals surface area contributed by atoms with Gasteiger partial charge in [-0.2, -0.15) is 4.39 Å². The molecule has 3 rings (SSSR count). The van der Waals surface area contributed by atoms with Gasteiger partial charge in [0.25, 0.3) is 0 Å². The molecule has 0 bridgehead atoms. The zero-order valence-electron chi connectivity index (χ0n) is 12.2. The topological polar surface area (TPSA) is 68.5 Å². The highest BCUT2D eigenvalue weighted by molar-refractivity contribution is 5.90. The maximum absolute atomic E-state index is 14.3. The molecule has 1 saturated heterocycles. The fourth-order valence-corrected chi connectivity index (χ4v) is 2.51. The number of cyclic esters (lactones) is 1. The summed E-state index contributed by atoms with van der Waals surface area (Å²) in [5, 5.41) is 0. The lowest BCUT2D eigenvalue weighted by Gasteiger charge is -2.14. The van der Waals surface area contributed by atoms with Crippen molar-refractivity contribution in [1.82, 2.24) is 4.98 Å². The Bertz CT molecular complexity index is 722. The summed E-state index contributed by atoms with van der Waals surface area (Å²) < 4.78 is 32.4. The Morgan fingerprint density at radius 3 is 2.78 bits per heavy atom. The van der Waals surface area contributed by atoms with Crippen molar-refractivity contribution in [1.29, 1.82) is 0 Å². The Balaban J connectivity index is 1.85. The second-order valence-electron chi connectivity index (χ2n) is 5.23. The molecule has 7 heteroatoms. The van der Waals surface area contributed by atoms with E-state index in [1.54, 1.807) is 6.07 Å². The van der Waals surface area contributed by atoms with Gasteiger partial charge in [0, 0.05) is 17.3 Å². The normalized spacial score (nSPS) is 17.4. The van der Waals surface area contributed by atoms with Crippen molar-refractivity contribution in [3.63, 3.8) is 0 Å². The molecule has 0 aliphatic carbocycles. The number of aromatic nitrogens is 1. The molecule has 23 heavy (non-hydrogen) atoms. The summed E-state index contributed by atoms with van der Waals surface area (Å²) in [5.41, 5.74) is 6.61. The number of nitrogens with two attached hydrogens (primary N) is 1. The van der Waals surface area contributed by atoms with Crippen molar-refractivity contribution in [3.8, 4) is 11.1 Å². The zero-order chi connectivity index (χ0) is 16.4. The number of anilines is 1. The number of nitrogens with zero attached hydrogens (tertiary/aromatic N) is 2. The predicted octanol–water partition coefficient (Wildman–Crippen LogP) is 2.70. The van der Waals surface area contributed by atoms with E-state index < -0.39 is 17.9 Å². The van der Waals surface area contributed by atoms with Gasteiger partial charge in [0.15, 0.2) is 0 Å². The van der Waals surface area contributed by atoms with E-state index in [1.807, 2.05) is 0 Å². The third kappa shape index (κ3) is 3.14. The van der Waals surface area contributed by atoms with E-state index in [9.17, 15) is 13.6 Å². The molecule has 0 saturated carbocycles. The van der Waals surface area contributed by atoms with Crippen LogP contribution in [0.25, 0.3) is 11.1 Å². The average molecular weight is 319 g/mol. The molecule has 0 unspecified atom stereocenters. The molecule has 1 fully saturated rings. The van der Waals surface area contributed by atoms with E-state index in [4.69, 9.17) is 10.5 Å². The van der Waals surface area contributed by atoms with Gasteiger partial charge in [0.05, 0.1) is 12.2 Å². The maximum Gasteiger partial charge on any atom is 0.414 e. The van der Waals surface area contributed by atoms with E-state index in [1.165, 1.54) is 29.3 Å². The summed E-state index contributed by atoms with van der Waals surface area (Å²) in [6.07, 6.45) is 1.02. The van der Waals surface area contributed by atoms with Crippen molar-refractivity contribution in [2.75, 3.05) is 18.0 Å². The minimum absolute atomic E-state index is 0.281. The molecule has 120 valence electrons. The van der Waals surface area contributed by atoms with Crippen LogP contribution in [-0.2, 0) is 4.74 Å². The van der Waals surface area contributed by atoms with Crippen molar-refractivity contribution >= 4 is 11.8 Å². The number of rotatable bonds is 4. The smallest absolute Gasteiger partial charge is 0.414 e. The van der Waals surface area contributed by atoms with Crippen LogP contribution in [0.5, 0.6) is 0 Å². The van der Waals surface area contributed by atoms with Crippen LogP contribution in [-0.4, -0.2) is 30.3 Å². The molecule has 5 nitrogen and oxygen atoms in total. The van der Waals surface area contributed by atoms with Gasteiger partial charge in [-0.3, -0.25) is 4.90 Å². The van der Waals surface area contributed by atoms with Crippen LogP contribution in [0, 0.1) is 11.8 Å². The SMILES string of the molecule is NCC[C@H]1CN(c2ccc(-c3ccc(F)nc3)c(F)c2)C(=O)O1. The molecule has 2 aromatic rings. The molecular formula is C16H15F2N3O2. The lowest BCUT2D eigenvalue weighted by Crippen LogP contribution is -2.25. The Labute approximate surface area is 131 Å². The zero-order valence-corrected chi connectivity index (χ0v) is 12.2. The first-order valence-corrected chi connectivity index (χ1v) is 7.18. The van der Waals surface area contributed by atoms with Crippen molar-refractivity contribution < 1.29 is 18.3 Å². The van der Waals surface area contributed by atoms with Crippen LogP contribution < -0.4 is 10.6 Å².